The van der Waals surface area contributed by atoms with Crippen molar-refractivity contribution in [2.75, 3.05) is 0 Å². The summed E-state index contributed by atoms with van der Waals surface area (Å²) in [7, 11) is 0. The molecule has 0 aromatic heterocycles. The molecule has 0 amide bonds. The second kappa shape index (κ2) is 19.1. The fraction of sp³-hybridized carbons (Fsp3) is 0.767. The zero-order chi connectivity index (χ0) is 26.0. The maximum Gasteiger partial charge on any atom is 0.306 e. The molecular weight excluding hydrogens is 472 g/mol. The third kappa shape index (κ3) is 12.4. The number of hydrogen-bond acceptors (Lipinski definition) is 6. The number of ether oxygens (including phenoxy) is 2. The Kier molecular flexibility index (Phi) is 16.5. The minimum atomic E-state index is -1.17. The third-order valence-corrected chi connectivity index (χ3v) is 8.19. The number of carbonyl (C=O) groups is 1. The molecule has 1 aromatic carbocycles. The van der Waals surface area contributed by atoms with Gasteiger partial charge in [-0.15, -0.1) is 0 Å². The second-order valence-corrected chi connectivity index (χ2v) is 11.4. The molecule has 0 bridgehead atoms. The van der Waals surface area contributed by atoms with Gasteiger partial charge in [0.15, 0.2) is 6.10 Å². The molecule has 1 aliphatic heterocycles. The van der Waals surface area contributed by atoms with E-state index < -0.39 is 29.9 Å². The van der Waals surface area contributed by atoms with Crippen LogP contribution in [-0.4, -0.2) is 46.0 Å². The van der Waals surface area contributed by atoms with Gasteiger partial charge in [0, 0.05) is 11.3 Å². The molecule has 36 heavy (non-hydrogen) atoms. The molecule has 5 atom stereocenters. The van der Waals surface area contributed by atoms with Crippen molar-refractivity contribution in [1.82, 2.24) is 0 Å². The second-order valence-electron chi connectivity index (χ2n) is 10.3. The maximum absolute atomic E-state index is 12.3. The van der Waals surface area contributed by atoms with Crippen LogP contribution in [0.3, 0.4) is 0 Å². The number of unbranched alkanes of at least 4 members (excludes halogenated alkanes) is 14. The summed E-state index contributed by atoms with van der Waals surface area (Å²) in [5, 5.41) is 21.1. The fourth-order valence-electron chi connectivity index (χ4n) is 4.75. The Hall–Kier alpha value is -1.08. The molecule has 2 N–H and O–H groups in total. The van der Waals surface area contributed by atoms with Gasteiger partial charge >= 0.3 is 5.97 Å². The first-order valence-corrected chi connectivity index (χ1v) is 15.3. The van der Waals surface area contributed by atoms with E-state index in [2.05, 4.69) is 6.92 Å². The quantitative estimate of drug-likeness (QED) is 0.145. The van der Waals surface area contributed by atoms with Crippen LogP contribution in [0.1, 0.15) is 117 Å². The summed E-state index contributed by atoms with van der Waals surface area (Å²) in [6, 6.07) is 9.62. The van der Waals surface area contributed by atoms with Gasteiger partial charge in [0.25, 0.3) is 0 Å². The van der Waals surface area contributed by atoms with E-state index in [4.69, 9.17) is 9.47 Å². The van der Waals surface area contributed by atoms with E-state index in [0.29, 0.717) is 6.42 Å². The van der Waals surface area contributed by atoms with Gasteiger partial charge in [-0.05, 0) is 25.5 Å². The molecule has 6 heteroatoms. The highest BCUT2D eigenvalue weighted by molar-refractivity contribution is 7.99. The van der Waals surface area contributed by atoms with Gasteiger partial charge in [0.1, 0.15) is 17.6 Å². The lowest BCUT2D eigenvalue weighted by molar-refractivity contribution is -0.211. The van der Waals surface area contributed by atoms with Crippen LogP contribution in [-0.2, 0) is 14.3 Å². The summed E-state index contributed by atoms with van der Waals surface area (Å²) < 4.78 is 11.4. The maximum atomic E-state index is 12.3. The molecule has 5 nitrogen and oxygen atoms in total. The summed E-state index contributed by atoms with van der Waals surface area (Å²) in [6.45, 7) is 4.04. The van der Waals surface area contributed by atoms with Crippen LogP contribution >= 0.6 is 11.8 Å². The van der Waals surface area contributed by atoms with Crippen molar-refractivity contribution in [2.24, 2.45) is 0 Å². The number of benzene rings is 1. The Bertz CT molecular complexity index is 685. The van der Waals surface area contributed by atoms with Crippen LogP contribution in [0.15, 0.2) is 35.2 Å². The van der Waals surface area contributed by atoms with Crippen LogP contribution in [0.25, 0.3) is 0 Å². The molecule has 1 heterocycles. The predicted octanol–water partition coefficient (Wildman–Crippen LogP) is 7.42. The van der Waals surface area contributed by atoms with Crippen LogP contribution < -0.4 is 0 Å². The predicted molar refractivity (Wildman–Crippen MR) is 148 cm³/mol. The molecule has 0 aliphatic carbocycles. The van der Waals surface area contributed by atoms with Gasteiger partial charge in [-0.3, -0.25) is 4.79 Å². The van der Waals surface area contributed by atoms with Crippen molar-refractivity contribution in [3.8, 4) is 0 Å². The SMILES string of the molecule is CCCCCCCCCCCCCCCCCC(=O)O[C@@H]1[C@@H](O)[C@@H](O)[C@H](Sc2ccccc2)O[C@H]1C. The number of carbonyl (C=O) groups excluding carboxylic acids is 1. The normalized spacial score (nSPS) is 24.1. The van der Waals surface area contributed by atoms with Crippen molar-refractivity contribution in [1.29, 1.82) is 0 Å². The van der Waals surface area contributed by atoms with Crippen molar-refractivity contribution >= 4 is 17.7 Å². The van der Waals surface area contributed by atoms with Crippen molar-refractivity contribution in [3.63, 3.8) is 0 Å². The summed E-state index contributed by atoms with van der Waals surface area (Å²) in [4.78, 5) is 13.3. The summed E-state index contributed by atoms with van der Waals surface area (Å²) in [5.41, 5.74) is -0.608. The molecule has 1 saturated heterocycles. The molecule has 2 rings (SSSR count). The van der Waals surface area contributed by atoms with Crippen LogP contribution in [0.5, 0.6) is 0 Å². The number of esters is 1. The van der Waals surface area contributed by atoms with Gasteiger partial charge in [0.05, 0.1) is 6.10 Å². The lowest BCUT2D eigenvalue weighted by atomic mass is 10.0. The number of hydrogen-bond donors (Lipinski definition) is 2. The number of aliphatic hydroxyl groups excluding tert-OH is 2. The van der Waals surface area contributed by atoms with E-state index in [0.717, 1.165) is 24.2 Å². The molecule has 1 aliphatic rings. The molecule has 1 fully saturated rings. The van der Waals surface area contributed by atoms with E-state index in [-0.39, 0.29) is 5.97 Å². The first kappa shape index (κ1) is 31.1. The highest BCUT2D eigenvalue weighted by atomic mass is 32.2. The van der Waals surface area contributed by atoms with Gasteiger partial charge in [-0.2, -0.15) is 0 Å². The van der Waals surface area contributed by atoms with E-state index in [1.165, 1.54) is 88.8 Å². The smallest absolute Gasteiger partial charge is 0.306 e. The average molecular weight is 523 g/mol. The zero-order valence-electron chi connectivity index (χ0n) is 22.6. The van der Waals surface area contributed by atoms with Gasteiger partial charge < -0.3 is 19.7 Å². The summed E-state index contributed by atoms with van der Waals surface area (Å²) in [6.07, 6.45) is 15.9. The standard InChI is InChI=1S/C30H50O5S/c1-3-4-5-6-7-8-9-10-11-12-13-14-15-16-20-23-26(31)35-29-24(2)34-30(28(33)27(29)32)36-25-21-18-17-19-22-25/h17-19,21-22,24,27-30,32-33H,3-16,20,23H2,1-2H3/t24-,27-,28+,29-,30-/m0/s1. The van der Waals surface area contributed by atoms with E-state index in [1.54, 1.807) is 6.92 Å². The molecule has 1 aromatic rings. The lowest BCUT2D eigenvalue weighted by Gasteiger charge is -2.40. The van der Waals surface area contributed by atoms with Crippen LogP contribution in [0, 0.1) is 0 Å². The van der Waals surface area contributed by atoms with Crippen LogP contribution in [0.2, 0.25) is 0 Å². The van der Waals surface area contributed by atoms with Crippen molar-refractivity contribution in [2.45, 2.75) is 151 Å². The van der Waals surface area contributed by atoms with E-state index >= 15 is 0 Å². The minimum Gasteiger partial charge on any atom is -0.457 e. The topological polar surface area (TPSA) is 76.0 Å². The van der Waals surface area contributed by atoms with Gasteiger partial charge in [0.2, 0.25) is 0 Å². The highest BCUT2D eigenvalue weighted by Crippen LogP contribution is 2.34. The van der Waals surface area contributed by atoms with Crippen LogP contribution in [0.4, 0.5) is 0 Å². The fourth-order valence-corrected chi connectivity index (χ4v) is 5.86. The Morgan fingerprint density at radius 1 is 0.806 bits per heavy atom. The molecule has 0 radical (unpaired) electrons. The number of thioether (sulfide) groups is 1. The Labute approximate surface area is 223 Å². The molecule has 0 saturated carbocycles. The Balaban J connectivity index is 1.48. The zero-order valence-corrected chi connectivity index (χ0v) is 23.4. The Morgan fingerprint density at radius 3 is 1.83 bits per heavy atom. The third-order valence-electron chi connectivity index (χ3n) is 7.02. The lowest BCUT2D eigenvalue weighted by Crippen LogP contribution is -2.57. The van der Waals surface area contributed by atoms with E-state index in [9.17, 15) is 15.0 Å². The molecule has 0 spiro atoms. The Morgan fingerprint density at radius 2 is 1.31 bits per heavy atom. The summed E-state index contributed by atoms with van der Waals surface area (Å²) in [5.74, 6) is -0.328. The van der Waals surface area contributed by atoms with Crippen molar-refractivity contribution < 1.29 is 24.5 Å². The van der Waals surface area contributed by atoms with Gasteiger partial charge in [-0.25, -0.2) is 0 Å². The molecular formula is C30H50O5S. The monoisotopic (exact) mass is 522 g/mol. The largest absolute Gasteiger partial charge is 0.457 e. The number of aliphatic hydroxyl groups is 2. The molecule has 206 valence electrons. The molecule has 0 unspecified atom stereocenters. The van der Waals surface area contributed by atoms with Crippen molar-refractivity contribution in [3.05, 3.63) is 30.3 Å². The average Bonchev–Trinajstić information content (AvgIpc) is 2.88. The summed E-state index contributed by atoms with van der Waals surface area (Å²) >= 11 is 1.36. The van der Waals surface area contributed by atoms with Gasteiger partial charge in [-0.1, -0.05) is 127 Å². The van der Waals surface area contributed by atoms with E-state index in [1.807, 2.05) is 30.3 Å². The minimum absolute atomic E-state index is 0.328. The first-order chi connectivity index (χ1) is 17.5. The first-order valence-electron chi connectivity index (χ1n) is 14.5. The number of rotatable bonds is 19. The highest BCUT2D eigenvalue weighted by Gasteiger charge is 2.45.